The molecule has 0 saturated heterocycles. The van der Waals surface area contributed by atoms with Crippen LogP contribution in [0.25, 0.3) is 60.5 Å². The van der Waals surface area contributed by atoms with Crippen LogP contribution < -0.4 is 0 Å². The van der Waals surface area contributed by atoms with Crippen LogP contribution in [0.15, 0.2) is 125 Å². The van der Waals surface area contributed by atoms with Crippen molar-refractivity contribution >= 4 is 42.4 Å². The number of aryl methyl sites for hydroxylation is 1. The van der Waals surface area contributed by atoms with Gasteiger partial charge < -0.3 is 0 Å². The van der Waals surface area contributed by atoms with Gasteiger partial charge >= 0.3 is 0 Å². The second-order valence-electron chi connectivity index (χ2n) is 10.2. The molecule has 0 unspecified atom stereocenters. The van der Waals surface area contributed by atoms with Gasteiger partial charge in [-0.25, -0.2) is 13.4 Å². The number of sulfone groups is 1. The van der Waals surface area contributed by atoms with Crippen LogP contribution in [0.4, 0.5) is 0 Å². The number of aromatic nitrogens is 2. The Bertz CT molecular complexity index is 2210. The first-order valence-electron chi connectivity index (χ1n) is 13.5. The highest BCUT2D eigenvalue weighted by atomic mass is 32.2. The molecule has 1 aliphatic heterocycles. The van der Waals surface area contributed by atoms with Crippen LogP contribution in [0.3, 0.4) is 0 Å². The third-order valence-electron chi connectivity index (χ3n) is 8.09. The lowest BCUT2D eigenvalue weighted by molar-refractivity contribution is 0.594. The number of hydrogen-bond donors (Lipinski definition) is 0. The van der Waals surface area contributed by atoms with Gasteiger partial charge in [0.1, 0.15) is 5.82 Å². The molecule has 0 fully saturated rings. The van der Waals surface area contributed by atoms with Crippen LogP contribution >= 0.6 is 0 Å². The van der Waals surface area contributed by atoms with Gasteiger partial charge in [-0.1, -0.05) is 104 Å². The lowest BCUT2D eigenvalue weighted by atomic mass is 9.85. The number of rotatable bonds is 3. The van der Waals surface area contributed by atoms with Crippen LogP contribution in [0.1, 0.15) is 12.7 Å². The monoisotopic (exact) mass is 536 g/mol. The zero-order chi connectivity index (χ0) is 27.0. The van der Waals surface area contributed by atoms with E-state index in [1.54, 1.807) is 18.2 Å². The van der Waals surface area contributed by atoms with E-state index in [1.807, 2.05) is 18.2 Å². The molecule has 0 N–H and O–H groups in total. The molecule has 8 rings (SSSR count). The Balaban J connectivity index is 1.59. The fraction of sp³-hybridized carbons (Fsp3) is 0.0571. The minimum atomic E-state index is -3.75. The molecule has 5 heteroatoms. The predicted molar refractivity (Wildman–Crippen MR) is 162 cm³/mol. The summed E-state index contributed by atoms with van der Waals surface area (Å²) in [6.45, 7) is 2.06. The molecule has 0 aliphatic carbocycles. The van der Waals surface area contributed by atoms with E-state index >= 15 is 0 Å². The SMILES string of the molecule is CCc1nc2cccc3c2n1-c1c(-c2c4ccccc4c(-c4ccccc4)c4ccccc24)cccc1S3(=O)=O. The normalized spacial score (nSPS) is 13.6. The highest BCUT2D eigenvalue weighted by Crippen LogP contribution is 2.48. The van der Waals surface area contributed by atoms with E-state index < -0.39 is 9.84 Å². The van der Waals surface area contributed by atoms with E-state index in [1.165, 1.54) is 5.56 Å². The molecule has 0 bridgehead atoms. The highest BCUT2D eigenvalue weighted by molar-refractivity contribution is 7.92. The summed E-state index contributed by atoms with van der Waals surface area (Å²) in [5.74, 6) is 0.848. The second kappa shape index (κ2) is 8.38. The maximum Gasteiger partial charge on any atom is 0.210 e. The summed E-state index contributed by atoms with van der Waals surface area (Å²) in [4.78, 5) is 5.51. The molecule has 1 aromatic heterocycles. The van der Waals surface area contributed by atoms with E-state index in [9.17, 15) is 8.42 Å². The van der Waals surface area contributed by atoms with Crippen molar-refractivity contribution < 1.29 is 8.42 Å². The van der Waals surface area contributed by atoms with Crippen LogP contribution in [0, 0.1) is 0 Å². The van der Waals surface area contributed by atoms with Gasteiger partial charge in [-0.2, -0.15) is 0 Å². The topological polar surface area (TPSA) is 52.0 Å². The van der Waals surface area contributed by atoms with E-state index in [4.69, 9.17) is 4.98 Å². The van der Waals surface area contributed by atoms with Crippen molar-refractivity contribution in [3.8, 4) is 27.9 Å². The van der Waals surface area contributed by atoms with E-state index in [2.05, 4.69) is 90.4 Å². The van der Waals surface area contributed by atoms with E-state index in [0.29, 0.717) is 32.9 Å². The molecule has 6 aromatic carbocycles. The average molecular weight is 537 g/mol. The van der Waals surface area contributed by atoms with Gasteiger partial charge in [0.2, 0.25) is 9.84 Å². The molecule has 0 atom stereocenters. The fourth-order valence-corrected chi connectivity index (χ4v) is 8.12. The van der Waals surface area contributed by atoms with Gasteiger partial charge in [0.15, 0.2) is 0 Å². The van der Waals surface area contributed by atoms with Gasteiger partial charge in [-0.15, -0.1) is 0 Å². The van der Waals surface area contributed by atoms with Crippen LogP contribution in [0.5, 0.6) is 0 Å². The predicted octanol–water partition coefficient (Wildman–Crippen LogP) is 8.37. The molecule has 2 heterocycles. The summed E-state index contributed by atoms with van der Waals surface area (Å²) < 4.78 is 30.3. The minimum Gasteiger partial charge on any atom is -0.293 e. The Morgan fingerprint density at radius 1 is 0.625 bits per heavy atom. The number of imidazole rings is 1. The molecular formula is C35H24N2O2S. The maximum atomic E-state index is 14.1. The summed E-state index contributed by atoms with van der Waals surface area (Å²) in [5, 5.41) is 4.43. The van der Waals surface area contributed by atoms with Gasteiger partial charge in [-0.3, -0.25) is 4.57 Å². The van der Waals surface area contributed by atoms with E-state index in [0.717, 1.165) is 44.1 Å². The minimum absolute atomic E-state index is 0.316. The smallest absolute Gasteiger partial charge is 0.210 e. The molecule has 0 saturated carbocycles. The third-order valence-corrected chi connectivity index (χ3v) is 9.91. The summed E-state index contributed by atoms with van der Waals surface area (Å²) in [5.41, 5.74) is 6.29. The Labute approximate surface area is 232 Å². The Kier molecular flexibility index (Phi) is 4.85. The number of benzene rings is 6. The zero-order valence-corrected chi connectivity index (χ0v) is 22.6. The van der Waals surface area contributed by atoms with Gasteiger partial charge in [-0.05, 0) is 56.4 Å². The lowest BCUT2D eigenvalue weighted by Gasteiger charge is -2.25. The maximum absolute atomic E-state index is 14.1. The number of hydrogen-bond acceptors (Lipinski definition) is 3. The standard InChI is InChI=1S/C35H24N2O2S/c1-2-31-36-28-19-11-21-30-35(28)37(31)34-27(18-10-20-29(34)40(30,38)39)33-25-16-8-6-14-23(25)32(22-12-4-3-5-13-22)24-15-7-9-17-26(24)33/h3-21H,2H2,1H3. The Morgan fingerprint density at radius 2 is 1.20 bits per heavy atom. The van der Waals surface area contributed by atoms with Crippen LogP contribution in [0.2, 0.25) is 0 Å². The van der Waals surface area contributed by atoms with Crippen molar-refractivity contribution in [2.24, 2.45) is 0 Å². The molecule has 40 heavy (non-hydrogen) atoms. The third kappa shape index (κ3) is 3.01. The fourth-order valence-electron chi connectivity index (χ4n) is 6.46. The van der Waals surface area contributed by atoms with Crippen LogP contribution in [-0.4, -0.2) is 18.0 Å². The number of para-hydroxylation sites is 2. The molecule has 7 aromatic rings. The molecule has 0 radical (unpaired) electrons. The van der Waals surface area contributed by atoms with Crippen molar-refractivity contribution in [1.29, 1.82) is 0 Å². The molecule has 4 nitrogen and oxygen atoms in total. The average Bonchev–Trinajstić information content (AvgIpc) is 3.38. The first kappa shape index (κ1) is 23.2. The summed E-state index contributed by atoms with van der Waals surface area (Å²) in [6, 6.07) is 38.4. The molecular weight excluding hydrogens is 512 g/mol. The first-order valence-corrected chi connectivity index (χ1v) is 15.0. The summed E-state index contributed by atoms with van der Waals surface area (Å²) in [6.07, 6.45) is 0.677. The first-order chi connectivity index (χ1) is 19.6. The van der Waals surface area contributed by atoms with Crippen molar-refractivity contribution in [1.82, 2.24) is 9.55 Å². The Hall–Kier alpha value is -4.74. The number of fused-ring (bicyclic) bond motifs is 4. The largest absolute Gasteiger partial charge is 0.293 e. The number of nitrogens with zero attached hydrogens (tertiary/aromatic N) is 2. The van der Waals surface area contributed by atoms with Crippen molar-refractivity contribution in [2.75, 3.05) is 0 Å². The molecule has 0 amide bonds. The lowest BCUT2D eigenvalue weighted by Crippen LogP contribution is -2.17. The van der Waals surface area contributed by atoms with Crippen LogP contribution in [-0.2, 0) is 16.3 Å². The van der Waals surface area contributed by atoms with Crippen molar-refractivity contribution in [3.05, 3.63) is 121 Å². The summed E-state index contributed by atoms with van der Waals surface area (Å²) in [7, 11) is -3.75. The van der Waals surface area contributed by atoms with Gasteiger partial charge in [0, 0.05) is 12.0 Å². The second-order valence-corrected chi connectivity index (χ2v) is 12.1. The van der Waals surface area contributed by atoms with Gasteiger partial charge in [0.25, 0.3) is 0 Å². The van der Waals surface area contributed by atoms with Crippen molar-refractivity contribution in [3.63, 3.8) is 0 Å². The van der Waals surface area contributed by atoms with Gasteiger partial charge in [0.05, 0.1) is 26.5 Å². The molecule has 192 valence electrons. The van der Waals surface area contributed by atoms with Crippen molar-refractivity contribution in [2.45, 2.75) is 23.1 Å². The molecule has 1 aliphatic rings. The zero-order valence-electron chi connectivity index (χ0n) is 21.8. The molecule has 0 spiro atoms. The summed E-state index contributed by atoms with van der Waals surface area (Å²) >= 11 is 0. The highest BCUT2D eigenvalue weighted by Gasteiger charge is 2.35. The van der Waals surface area contributed by atoms with E-state index in [-0.39, 0.29) is 0 Å². The Morgan fingerprint density at radius 3 is 1.85 bits per heavy atom. The quantitative estimate of drug-likeness (QED) is 0.213.